The second kappa shape index (κ2) is 39.9. The zero-order valence-corrected chi connectivity index (χ0v) is 33.1. The molecule has 6 nitrogen and oxygen atoms in total. The molecule has 0 heterocycles. The Hall–Kier alpha value is -2.89. The molecule has 6 heteroatoms. The lowest BCUT2D eigenvalue weighted by molar-refractivity contribution is -0.167. The highest BCUT2D eigenvalue weighted by Crippen LogP contribution is 2.12. The van der Waals surface area contributed by atoms with E-state index < -0.39 is 6.10 Å². The Morgan fingerprint density at radius 1 is 0.412 bits per heavy atom. The molecule has 0 saturated carbocycles. The Kier molecular flexibility index (Phi) is 37.6. The molecule has 0 radical (unpaired) electrons. The number of ether oxygens (including phenoxy) is 3. The molecule has 51 heavy (non-hydrogen) atoms. The smallest absolute Gasteiger partial charge is 0.306 e. The minimum atomic E-state index is -0.792. The minimum absolute atomic E-state index is 0.0964. The predicted molar refractivity (Wildman–Crippen MR) is 215 cm³/mol. The molecule has 0 rings (SSSR count). The average Bonchev–Trinajstić information content (AvgIpc) is 3.12. The van der Waals surface area contributed by atoms with Gasteiger partial charge in [0.15, 0.2) is 6.10 Å². The van der Waals surface area contributed by atoms with Crippen molar-refractivity contribution in [2.75, 3.05) is 13.2 Å². The molecule has 0 aromatic carbocycles. The van der Waals surface area contributed by atoms with Crippen molar-refractivity contribution in [1.82, 2.24) is 0 Å². The zero-order chi connectivity index (χ0) is 37.3. The Morgan fingerprint density at radius 3 is 1.24 bits per heavy atom. The summed E-state index contributed by atoms with van der Waals surface area (Å²) in [6.45, 7) is 6.30. The first-order valence-electron chi connectivity index (χ1n) is 20.8. The number of esters is 3. The second-order valence-corrected chi connectivity index (χ2v) is 13.5. The Morgan fingerprint density at radius 2 is 0.765 bits per heavy atom. The molecule has 0 fully saturated rings. The van der Waals surface area contributed by atoms with E-state index in [9.17, 15) is 14.4 Å². The lowest BCUT2D eigenvalue weighted by atomic mass is 10.1. The van der Waals surface area contributed by atoms with Crippen molar-refractivity contribution in [2.24, 2.45) is 0 Å². The summed E-state index contributed by atoms with van der Waals surface area (Å²) in [5.74, 6) is -0.966. The van der Waals surface area contributed by atoms with E-state index >= 15 is 0 Å². The van der Waals surface area contributed by atoms with Crippen molar-refractivity contribution in [3.63, 3.8) is 0 Å². The van der Waals surface area contributed by atoms with E-state index in [0.29, 0.717) is 19.3 Å². The van der Waals surface area contributed by atoms with E-state index in [1.54, 1.807) is 0 Å². The van der Waals surface area contributed by atoms with Gasteiger partial charge in [-0.25, -0.2) is 0 Å². The standard InChI is InChI=1S/C45H76O6/c1-4-7-10-13-16-19-21-23-26-29-32-35-38-44(47)50-41-42(40-49-43(46)37-34-31-28-25-18-15-12-9-6-3)51-45(48)39-36-33-30-27-24-22-20-17-14-11-8-5-2/h7,9-10,12,16-20,25,42H,4-6,8,11,13-15,21-24,26-41H2,1-3H3/b10-7-,12-9-,19-16-,20-17-,25-18-. The summed E-state index contributed by atoms with van der Waals surface area (Å²) < 4.78 is 16.6. The number of carbonyl (C=O) groups excluding carboxylic acids is 3. The first kappa shape index (κ1) is 48.1. The molecule has 292 valence electrons. The Labute approximate surface area is 313 Å². The lowest BCUT2D eigenvalue weighted by Gasteiger charge is -2.18. The van der Waals surface area contributed by atoms with E-state index in [0.717, 1.165) is 116 Å². The third-order valence-electron chi connectivity index (χ3n) is 8.49. The molecule has 0 bridgehead atoms. The van der Waals surface area contributed by atoms with Gasteiger partial charge in [0.25, 0.3) is 0 Å². The van der Waals surface area contributed by atoms with Gasteiger partial charge in [-0.05, 0) is 96.3 Å². The fraction of sp³-hybridized carbons (Fsp3) is 0.711. The van der Waals surface area contributed by atoms with Crippen LogP contribution in [0.5, 0.6) is 0 Å². The van der Waals surface area contributed by atoms with E-state index in [1.807, 2.05) is 0 Å². The largest absolute Gasteiger partial charge is 0.462 e. The molecule has 0 N–H and O–H groups in total. The van der Waals surface area contributed by atoms with Crippen LogP contribution in [0.2, 0.25) is 0 Å². The molecule has 0 aliphatic heterocycles. The maximum Gasteiger partial charge on any atom is 0.306 e. The van der Waals surface area contributed by atoms with Crippen molar-refractivity contribution in [1.29, 1.82) is 0 Å². The Balaban J connectivity index is 4.45. The van der Waals surface area contributed by atoms with Crippen molar-refractivity contribution in [2.45, 2.75) is 194 Å². The third-order valence-corrected chi connectivity index (χ3v) is 8.49. The van der Waals surface area contributed by atoms with Gasteiger partial charge in [0.1, 0.15) is 13.2 Å². The molecule has 0 aromatic heterocycles. The first-order valence-corrected chi connectivity index (χ1v) is 20.8. The zero-order valence-electron chi connectivity index (χ0n) is 33.1. The fourth-order valence-corrected chi connectivity index (χ4v) is 5.39. The van der Waals surface area contributed by atoms with Crippen LogP contribution in [0.15, 0.2) is 60.8 Å². The number of allylic oxidation sites excluding steroid dienone is 10. The molecular formula is C45H76O6. The van der Waals surface area contributed by atoms with Crippen LogP contribution >= 0.6 is 0 Å². The summed E-state index contributed by atoms with van der Waals surface area (Å²) in [7, 11) is 0. The number of rotatable bonds is 36. The van der Waals surface area contributed by atoms with Crippen molar-refractivity contribution in [3.8, 4) is 0 Å². The van der Waals surface area contributed by atoms with Crippen LogP contribution in [0, 0.1) is 0 Å². The van der Waals surface area contributed by atoms with Crippen molar-refractivity contribution < 1.29 is 28.6 Å². The molecule has 0 saturated heterocycles. The van der Waals surface area contributed by atoms with Gasteiger partial charge in [0.2, 0.25) is 0 Å². The third kappa shape index (κ3) is 38.2. The summed E-state index contributed by atoms with van der Waals surface area (Å²) in [5.41, 5.74) is 0. The van der Waals surface area contributed by atoms with Crippen LogP contribution in [0.1, 0.15) is 188 Å². The number of hydrogen-bond acceptors (Lipinski definition) is 6. The summed E-state index contributed by atoms with van der Waals surface area (Å²) in [6, 6.07) is 0. The maximum absolute atomic E-state index is 12.6. The summed E-state index contributed by atoms with van der Waals surface area (Å²) >= 11 is 0. The fourth-order valence-electron chi connectivity index (χ4n) is 5.39. The quantitative estimate of drug-likeness (QED) is 0.0278. The van der Waals surface area contributed by atoms with Gasteiger partial charge in [-0.3, -0.25) is 14.4 Å². The van der Waals surface area contributed by atoms with Crippen LogP contribution in [-0.2, 0) is 28.6 Å². The van der Waals surface area contributed by atoms with Crippen LogP contribution in [0.3, 0.4) is 0 Å². The Bertz CT molecular complexity index is 960. The van der Waals surface area contributed by atoms with Gasteiger partial charge in [-0.1, -0.05) is 133 Å². The topological polar surface area (TPSA) is 78.9 Å². The van der Waals surface area contributed by atoms with E-state index in [2.05, 4.69) is 81.5 Å². The van der Waals surface area contributed by atoms with E-state index in [4.69, 9.17) is 14.2 Å². The molecule has 1 unspecified atom stereocenters. The highest BCUT2D eigenvalue weighted by molar-refractivity contribution is 5.71. The summed E-state index contributed by atoms with van der Waals surface area (Å²) in [4.78, 5) is 37.5. The van der Waals surface area contributed by atoms with Crippen molar-refractivity contribution >= 4 is 17.9 Å². The molecular weight excluding hydrogens is 636 g/mol. The highest BCUT2D eigenvalue weighted by Gasteiger charge is 2.19. The van der Waals surface area contributed by atoms with Crippen LogP contribution in [0.25, 0.3) is 0 Å². The number of unbranched alkanes of at least 4 members (excludes halogenated alkanes) is 15. The summed E-state index contributed by atoms with van der Waals surface area (Å²) in [6.07, 6.45) is 46.4. The normalized spacial score (nSPS) is 12.6. The molecule has 0 aromatic rings. The van der Waals surface area contributed by atoms with Gasteiger partial charge >= 0.3 is 17.9 Å². The molecule has 1 atom stereocenters. The molecule has 0 aliphatic rings. The van der Waals surface area contributed by atoms with Gasteiger partial charge in [0, 0.05) is 19.3 Å². The predicted octanol–water partition coefficient (Wildman–Crippen LogP) is 13.0. The number of hydrogen-bond donors (Lipinski definition) is 0. The van der Waals surface area contributed by atoms with Gasteiger partial charge in [-0.2, -0.15) is 0 Å². The van der Waals surface area contributed by atoms with Crippen molar-refractivity contribution in [3.05, 3.63) is 60.8 Å². The molecule has 0 spiro atoms. The summed E-state index contributed by atoms with van der Waals surface area (Å²) in [5, 5.41) is 0. The average molecular weight is 713 g/mol. The lowest BCUT2D eigenvalue weighted by Crippen LogP contribution is -2.30. The molecule has 0 aliphatic carbocycles. The van der Waals surface area contributed by atoms with Crippen LogP contribution in [0.4, 0.5) is 0 Å². The minimum Gasteiger partial charge on any atom is -0.462 e. The SMILES string of the molecule is CC/C=C\C/C=C\CCCCCCCC(=O)OCC(COC(=O)CCCC/C=C\C/C=C\CC)OC(=O)CCCCCCC/C=C\CCCCC. The second-order valence-electron chi connectivity index (χ2n) is 13.5. The van der Waals surface area contributed by atoms with Gasteiger partial charge < -0.3 is 14.2 Å². The monoisotopic (exact) mass is 713 g/mol. The molecule has 0 amide bonds. The van der Waals surface area contributed by atoms with Crippen LogP contribution < -0.4 is 0 Å². The van der Waals surface area contributed by atoms with E-state index in [1.165, 1.54) is 32.1 Å². The first-order chi connectivity index (χ1) is 25.0. The van der Waals surface area contributed by atoms with Crippen LogP contribution in [-0.4, -0.2) is 37.2 Å². The maximum atomic E-state index is 12.6. The van der Waals surface area contributed by atoms with Gasteiger partial charge in [0.05, 0.1) is 0 Å². The highest BCUT2D eigenvalue weighted by atomic mass is 16.6. The number of carbonyl (C=O) groups is 3. The van der Waals surface area contributed by atoms with E-state index in [-0.39, 0.29) is 31.1 Å². The van der Waals surface area contributed by atoms with Gasteiger partial charge in [-0.15, -0.1) is 0 Å².